The van der Waals surface area contributed by atoms with Crippen LogP contribution in [0.1, 0.15) is 12.0 Å². The molecule has 1 aromatic rings. The summed E-state index contributed by atoms with van der Waals surface area (Å²) in [6, 6.07) is 3.90. The minimum absolute atomic E-state index is 0.198. The molecule has 0 aromatic heterocycles. The zero-order chi connectivity index (χ0) is 9.84. The first kappa shape index (κ1) is 11.0. The van der Waals surface area contributed by atoms with Gasteiger partial charge >= 0.3 is 0 Å². The van der Waals surface area contributed by atoms with Crippen molar-refractivity contribution in [3.63, 3.8) is 0 Å². The van der Waals surface area contributed by atoms with Crippen LogP contribution < -0.4 is 5.73 Å². The molecule has 4 heteroatoms. The monoisotopic (exact) mass is 307 g/mol. The number of nitrogen functional groups attached to an aromatic ring is 1. The number of anilines is 1. The van der Waals surface area contributed by atoms with Gasteiger partial charge in [-0.1, -0.05) is 15.9 Å². The van der Waals surface area contributed by atoms with Crippen LogP contribution >= 0.6 is 31.9 Å². The van der Waals surface area contributed by atoms with Gasteiger partial charge in [-0.25, -0.2) is 0 Å². The molecule has 0 saturated carbocycles. The predicted molar refractivity (Wildman–Crippen MR) is 61.7 cm³/mol. The second kappa shape index (κ2) is 4.98. The molecule has 0 atom stereocenters. The summed E-state index contributed by atoms with van der Waals surface area (Å²) in [6.07, 6.45) is 1.55. The van der Waals surface area contributed by atoms with Gasteiger partial charge in [0.15, 0.2) is 0 Å². The minimum Gasteiger partial charge on any atom is -0.398 e. The summed E-state index contributed by atoms with van der Waals surface area (Å²) in [7, 11) is 0. The Kier molecular flexibility index (Phi) is 4.22. The zero-order valence-electron chi connectivity index (χ0n) is 7.06. The van der Waals surface area contributed by atoms with E-state index in [4.69, 9.17) is 10.8 Å². The van der Waals surface area contributed by atoms with E-state index >= 15 is 0 Å². The third kappa shape index (κ3) is 2.97. The highest BCUT2D eigenvalue weighted by Gasteiger charge is 2.04. The van der Waals surface area contributed by atoms with Crippen LogP contribution in [-0.4, -0.2) is 11.7 Å². The van der Waals surface area contributed by atoms with Crippen LogP contribution in [0.25, 0.3) is 0 Å². The maximum absolute atomic E-state index is 8.69. The summed E-state index contributed by atoms with van der Waals surface area (Å²) >= 11 is 6.76. The number of benzene rings is 1. The number of aliphatic hydroxyl groups is 1. The second-order valence-corrected chi connectivity index (χ2v) is 4.56. The van der Waals surface area contributed by atoms with Crippen molar-refractivity contribution in [3.05, 3.63) is 26.6 Å². The van der Waals surface area contributed by atoms with Gasteiger partial charge in [0.25, 0.3) is 0 Å². The Morgan fingerprint density at radius 1 is 1.31 bits per heavy atom. The zero-order valence-corrected chi connectivity index (χ0v) is 10.2. The van der Waals surface area contributed by atoms with Gasteiger partial charge < -0.3 is 10.8 Å². The molecule has 1 aromatic carbocycles. The van der Waals surface area contributed by atoms with E-state index in [1.807, 2.05) is 12.1 Å². The first-order chi connectivity index (χ1) is 6.15. The standard InChI is InChI=1S/C9H11Br2NO/c10-7-4-6(2-1-3-13)9(12)8(11)5-7/h4-5,13H,1-3,12H2. The fourth-order valence-corrected chi connectivity index (χ4v) is 2.43. The molecule has 13 heavy (non-hydrogen) atoms. The van der Waals surface area contributed by atoms with E-state index in [1.54, 1.807) is 0 Å². The van der Waals surface area contributed by atoms with Crippen LogP contribution in [0.2, 0.25) is 0 Å². The van der Waals surface area contributed by atoms with Gasteiger partial charge in [-0.15, -0.1) is 0 Å². The molecular formula is C9H11Br2NO. The fourth-order valence-electron chi connectivity index (χ4n) is 1.11. The van der Waals surface area contributed by atoms with Gasteiger partial charge in [-0.2, -0.15) is 0 Å². The molecule has 0 unspecified atom stereocenters. The molecular weight excluding hydrogens is 298 g/mol. The second-order valence-electron chi connectivity index (χ2n) is 2.79. The maximum Gasteiger partial charge on any atom is 0.0491 e. The van der Waals surface area contributed by atoms with Crippen LogP contribution in [0.15, 0.2) is 21.1 Å². The first-order valence-corrected chi connectivity index (χ1v) is 5.58. The number of halogens is 2. The van der Waals surface area contributed by atoms with Gasteiger partial charge in [-0.05, 0) is 46.5 Å². The van der Waals surface area contributed by atoms with Crippen molar-refractivity contribution in [1.29, 1.82) is 0 Å². The normalized spacial score (nSPS) is 10.4. The SMILES string of the molecule is Nc1c(Br)cc(Br)cc1CCCO. The molecule has 3 N–H and O–H groups in total. The molecule has 0 amide bonds. The van der Waals surface area contributed by atoms with Crippen LogP contribution in [0, 0.1) is 0 Å². The average Bonchev–Trinajstić information content (AvgIpc) is 2.09. The molecule has 0 fully saturated rings. The molecule has 0 spiro atoms. The Bertz CT molecular complexity index is 302. The number of hydrogen-bond donors (Lipinski definition) is 2. The molecule has 1 rings (SSSR count). The molecule has 0 bridgehead atoms. The van der Waals surface area contributed by atoms with Crippen molar-refractivity contribution in [1.82, 2.24) is 0 Å². The molecule has 0 aliphatic heterocycles. The minimum atomic E-state index is 0.198. The van der Waals surface area contributed by atoms with E-state index in [9.17, 15) is 0 Å². The highest BCUT2D eigenvalue weighted by molar-refractivity contribution is 9.11. The number of rotatable bonds is 3. The van der Waals surface area contributed by atoms with Crippen molar-refractivity contribution in [3.8, 4) is 0 Å². The van der Waals surface area contributed by atoms with Crippen LogP contribution in [0.3, 0.4) is 0 Å². The van der Waals surface area contributed by atoms with Gasteiger partial charge in [-0.3, -0.25) is 0 Å². The van der Waals surface area contributed by atoms with Gasteiger partial charge in [0.2, 0.25) is 0 Å². The van der Waals surface area contributed by atoms with Crippen molar-refractivity contribution >= 4 is 37.5 Å². The largest absolute Gasteiger partial charge is 0.398 e. The van der Waals surface area contributed by atoms with Crippen LogP contribution in [0.4, 0.5) is 5.69 Å². The summed E-state index contributed by atoms with van der Waals surface area (Å²) in [5.74, 6) is 0. The van der Waals surface area contributed by atoms with Crippen LogP contribution in [-0.2, 0) is 6.42 Å². The Morgan fingerprint density at radius 2 is 2.00 bits per heavy atom. The van der Waals surface area contributed by atoms with E-state index in [0.717, 1.165) is 33.0 Å². The highest BCUT2D eigenvalue weighted by Crippen LogP contribution is 2.28. The summed E-state index contributed by atoms with van der Waals surface area (Å²) < 4.78 is 1.90. The van der Waals surface area contributed by atoms with Crippen molar-refractivity contribution in [2.75, 3.05) is 12.3 Å². The van der Waals surface area contributed by atoms with E-state index in [0.29, 0.717) is 0 Å². The smallest absolute Gasteiger partial charge is 0.0491 e. The van der Waals surface area contributed by atoms with E-state index in [-0.39, 0.29) is 6.61 Å². The van der Waals surface area contributed by atoms with Gasteiger partial charge in [0.05, 0.1) is 0 Å². The number of nitrogens with two attached hydrogens (primary N) is 1. The number of aliphatic hydroxyl groups excluding tert-OH is 1. The van der Waals surface area contributed by atoms with Crippen molar-refractivity contribution < 1.29 is 5.11 Å². The lowest BCUT2D eigenvalue weighted by Gasteiger charge is -2.07. The first-order valence-electron chi connectivity index (χ1n) is 3.99. The lowest BCUT2D eigenvalue weighted by atomic mass is 10.1. The van der Waals surface area contributed by atoms with Gasteiger partial charge in [0.1, 0.15) is 0 Å². The molecule has 0 radical (unpaired) electrons. The third-order valence-corrected chi connectivity index (χ3v) is 2.90. The maximum atomic E-state index is 8.69. The Hall–Kier alpha value is -0.0600. The molecule has 2 nitrogen and oxygen atoms in total. The predicted octanol–water partition coefficient (Wildman–Crippen LogP) is 2.72. The summed E-state index contributed by atoms with van der Waals surface area (Å²) in [6.45, 7) is 0.198. The highest BCUT2D eigenvalue weighted by atomic mass is 79.9. The Labute approximate surface area is 94.4 Å². The van der Waals surface area contributed by atoms with E-state index in [1.165, 1.54) is 0 Å². The average molecular weight is 309 g/mol. The number of aryl methyl sites for hydroxylation is 1. The summed E-state index contributed by atoms with van der Waals surface area (Å²) in [4.78, 5) is 0. The number of hydrogen-bond acceptors (Lipinski definition) is 2. The van der Waals surface area contributed by atoms with E-state index < -0.39 is 0 Å². The van der Waals surface area contributed by atoms with Crippen LogP contribution in [0.5, 0.6) is 0 Å². The Morgan fingerprint density at radius 3 is 2.62 bits per heavy atom. The van der Waals surface area contributed by atoms with Gasteiger partial charge in [0, 0.05) is 21.2 Å². The molecule has 0 aliphatic rings. The fraction of sp³-hybridized carbons (Fsp3) is 0.333. The van der Waals surface area contributed by atoms with Crippen molar-refractivity contribution in [2.45, 2.75) is 12.8 Å². The quantitative estimate of drug-likeness (QED) is 0.843. The van der Waals surface area contributed by atoms with E-state index in [2.05, 4.69) is 31.9 Å². The molecule has 72 valence electrons. The lowest BCUT2D eigenvalue weighted by Crippen LogP contribution is -1.97. The molecule has 0 aliphatic carbocycles. The lowest BCUT2D eigenvalue weighted by molar-refractivity contribution is 0.288. The molecule has 0 saturated heterocycles. The molecule has 0 heterocycles. The summed E-state index contributed by atoms with van der Waals surface area (Å²) in [5, 5.41) is 8.69. The topological polar surface area (TPSA) is 46.2 Å². The van der Waals surface area contributed by atoms with Crippen molar-refractivity contribution in [2.24, 2.45) is 0 Å². The third-order valence-electron chi connectivity index (χ3n) is 1.78. The Balaban J connectivity index is 2.92. The summed E-state index contributed by atoms with van der Waals surface area (Å²) in [5.41, 5.74) is 7.67.